The molecule has 2 aromatic rings. The first-order chi connectivity index (χ1) is 12.4. The molecule has 0 bridgehead atoms. The number of aryl methyl sites for hydroxylation is 1. The fraction of sp³-hybridized carbons (Fsp3) is 0.412. The number of methoxy groups -OCH3 is 1. The quantitative estimate of drug-likeness (QED) is 0.737. The van der Waals surface area contributed by atoms with Gasteiger partial charge in [0, 0.05) is 13.0 Å². The van der Waals surface area contributed by atoms with E-state index < -0.39 is 27.9 Å². The van der Waals surface area contributed by atoms with Crippen LogP contribution in [0, 0.1) is 5.82 Å². The highest BCUT2D eigenvalue weighted by Gasteiger charge is 2.42. The minimum Gasteiger partial charge on any atom is -0.468 e. The van der Waals surface area contributed by atoms with Crippen LogP contribution < -0.4 is 0 Å². The first-order valence-electron chi connectivity index (χ1n) is 8.26. The summed E-state index contributed by atoms with van der Waals surface area (Å²) < 4.78 is 47.2. The van der Waals surface area contributed by atoms with Crippen LogP contribution >= 0.6 is 0 Å². The van der Waals surface area contributed by atoms with Crippen molar-refractivity contribution in [1.29, 1.82) is 0 Å². The van der Waals surface area contributed by atoms with Crippen LogP contribution in [0.25, 0.3) is 0 Å². The lowest BCUT2D eigenvalue weighted by atomic mass is 10.1. The number of aromatic nitrogens is 2. The smallest absolute Gasteiger partial charge is 0.324 e. The summed E-state index contributed by atoms with van der Waals surface area (Å²) in [6.07, 6.45) is 2.67. The van der Waals surface area contributed by atoms with Crippen LogP contribution in [0.1, 0.15) is 24.7 Å². The molecular weight excluding hydrogens is 361 g/mol. The van der Waals surface area contributed by atoms with E-state index in [1.165, 1.54) is 19.2 Å². The average molecular weight is 381 g/mol. The maximum absolute atomic E-state index is 13.2. The molecule has 3 rings (SSSR count). The van der Waals surface area contributed by atoms with Gasteiger partial charge in [0.25, 0.3) is 0 Å². The molecule has 0 amide bonds. The zero-order valence-electron chi connectivity index (χ0n) is 14.6. The number of carbonyl (C=O) groups excluding carboxylic acids is 1. The summed E-state index contributed by atoms with van der Waals surface area (Å²) in [6, 6.07) is 3.54. The van der Waals surface area contributed by atoms with Crippen LogP contribution in [0.15, 0.2) is 35.5 Å². The van der Waals surface area contributed by atoms with E-state index in [2.05, 4.69) is 4.98 Å². The summed E-state index contributed by atoms with van der Waals surface area (Å²) in [4.78, 5) is 16.5. The van der Waals surface area contributed by atoms with E-state index in [1.54, 1.807) is 6.33 Å². The van der Waals surface area contributed by atoms with Gasteiger partial charge >= 0.3 is 5.97 Å². The molecule has 0 spiro atoms. The third-order valence-corrected chi connectivity index (χ3v) is 6.30. The van der Waals surface area contributed by atoms with Crippen molar-refractivity contribution >= 4 is 16.0 Å². The molecule has 1 aliphatic rings. The number of carbonyl (C=O) groups is 1. The molecule has 0 saturated carbocycles. The van der Waals surface area contributed by atoms with Crippen LogP contribution in [0.4, 0.5) is 4.39 Å². The van der Waals surface area contributed by atoms with Crippen molar-refractivity contribution in [3.8, 4) is 0 Å². The van der Waals surface area contributed by atoms with Gasteiger partial charge in [-0.3, -0.25) is 4.79 Å². The Balaban J connectivity index is 2.05. The largest absolute Gasteiger partial charge is 0.468 e. The van der Waals surface area contributed by atoms with Gasteiger partial charge in [-0.25, -0.2) is 17.8 Å². The summed E-state index contributed by atoms with van der Waals surface area (Å²) in [6.45, 7) is 2.73. The third-order valence-electron chi connectivity index (χ3n) is 4.43. The van der Waals surface area contributed by atoms with Gasteiger partial charge in [0.05, 0.1) is 36.3 Å². The normalized spacial score (nSPS) is 17.7. The second-order valence-electron chi connectivity index (χ2n) is 6.08. The minimum absolute atomic E-state index is 0.00874. The zero-order valence-corrected chi connectivity index (χ0v) is 15.4. The Labute approximate surface area is 151 Å². The van der Waals surface area contributed by atoms with Crippen molar-refractivity contribution in [3.63, 3.8) is 0 Å². The van der Waals surface area contributed by atoms with E-state index in [4.69, 9.17) is 4.74 Å². The van der Waals surface area contributed by atoms with E-state index in [1.807, 2.05) is 11.5 Å². The number of fused-ring (bicyclic) bond motifs is 1. The van der Waals surface area contributed by atoms with E-state index >= 15 is 0 Å². The van der Waals surface area contributed by atoms with Gasteiger partial charge in [0.1, 0.15) is 11.9 Å². The molecule has 1 aromatic carbocycles. The van der Waals surface area contributed by atoms with Crippen molar-refractivity contribution < 1.29 is 22.3 Å². The number of hydrogen-bond acceptors (Lipinski definition) is 5. The Morgan fingerprint density at radius 3 is 2.65 bits per heavy atom. The van der Waals surface area contributed by atoms with Crippen molar-refractivity contribution in [2.75, 3.05) is 7.11 Å². The van der Waals surface area contributed by atoms with Crippen LogP contribution in [-0.2, 0) is 39.1 Å². The number of rotatable bonds is 5. The molecule has 140 valence electrons. The maximum atomic E-state index is 13.2. The molecule has 1 atom stereocenters. The number of hydrogen-bond donors (Lipinski definition) is 0. The molecule has 0 saturated heterocycles. The Hall–Kier alpha value is -2.26. The van der Waals surface area contributed by atoms with Crippen LogP contribution in [0.3, 0.4) is 0 Å². The van der Waals surface area contributed by atoms with Crippen molar-refractivity contribution in [2.24, 2.45) is 0 Å². The molecule has 0 fully saturated rings. The number of nitrogens with zero attached hydrogens (tertiary/aromatic N) is 3. The summed E-state index contributed by atoms with van der Waals surface area (Å²) >= 11 is 0. The van der Waals surface area contributed by atoms with E-state index in [-0.39, 0.29) is 17.9 Å². The number of halogens is 1. The van der Waals surface area contributed by atoms with Crippen molar-refractivity contribution in [1.82, 2.24) is 13.9 Å². The fourth-order valence-electron chi connectivity index (χ4n) is 3.11. The van der Waals surface area contributed by atoms with Gasteiger partial charge in [-0.05, 0) is 30.7 Å². The Morgan fingerprint density at radius 1 is 1.35 bits per heavy atom. The number of sulfonamides is 1. The van der Waals surface area contributed by atoms with Crippen molar-refractivity contribution in [2.45, 2.75) is 43.8 Å². The van der Waals surface area contributed by atoms with E-state index in [0.29, 0.717) is 12.2 Å². The number of imidazole rings is 1. The number of benzene rings is 1. The highest BCUT2D eigenvalue weighted by Crippen LogP contribution is 2.29. The number of esters is 1. The standard InChI is InChI=1S/C17H20FN3O4S/c1-3-8-20-11-19-14-9-15(17(22)25-2)21(10-16(14)20)26(23,24)13-6-4-12(18)5-7-13/h4-7,11,15H,3,8-10H2,1-2H3/t15-/m0/s1. The van der Waals surface area contributed by atoms with E-state index in [9.17, 15) is 17.6 Å². The molecular formula is C17H20FN3O4S. The molecule has 1 aromatic heterocycles. The minimum atomic E-state index is -4.01. The van der Waals surface area contributed by atoms with Gasteiger partial charge < -0.3 is 9.30 Å². The molecule has 9 heteroatoms. The molecule has 1 aliphatic heterocycles. The lowest BCUT2D eigenvalue weighted by Gasteiger charge is -2.33. The third kappa shape index (κ3) is 3.24. The summed E-state index contributed by atoms with van der Waals surface area (Å²) in [7, 11) is -2.79. The van der Waals surface area contributed by atoms with E-state index in [0.717, 1.165) is 28.6 Å². The molecule has 0 unspecified atom stereocenters. The molecule has 0 radical (unpaired) electrons. The number of ether oxygens (including phenoxy) is 1. The topological polar surface area (TPSA) is 81.5 Å². The van der Waals surface area contributed by atoms with Crippen LogP contribution in [-0.4, -0.2) is 41.4 Å². The summed E-state index contributed by atoms with van der Waals surface area (Å²) in [5, 5.41) is 0. The average Bonchev–Trinajstić information content (AvgIpc) is 3.03. The van der Waals surface area contributed by atoms with Gasteiger partial charge in [-0.2, -0.15) is 4.31 Å². The zero-order chi connectivity index (χ0) is 18.9. The second kappa shape index (κ2) is 7.16. The first kappa shape index (κ1) is 18.5. The second-order valence-corrected chi connectivity index (χ2v) is 7.97. The molecule has 0 aliphatic carbocycles. The molecule has 26 heavy (non-hydrogen) atoms. The Kier molecular flexibility index (Phi) is 5.10. The predicted molar refractivity (Wildman–Crippen MR) is 91.2 cm³/mol. The predicted octanol–water partition coefficient (Wildman–Crippen LogP) is 1.72. The highest BCUT2D eigenvalue weighted by atomic mass is 32.2. The van der Waals surface area contributed by atoms with Gasteiger partial charge in [-0.1, -0.05) is 6.92 Å². The van der Waals surface area contributed by atoms with Crippen LogP contribution in [0.2, 0.25) is 0 Å². The Bertz CT molecular complexity index is 909. The lowest BCUT2D eigenvalue weighted by molar-refractivity contribution is -0.145. The first-order valence-corrected chi connectivity index (χ1v) is 9.70. The highest BCUT2D eigenvalue weighted by molar-refractivity contribution is 7.89. The van der Waals surface area contributed by atoms with Crippen molar-refractivity contribution in [3.05, 3.63) is 47.8 Å². The SMILES string of the molecule is CCCn1cnc2c1CN(S(=O)(=O)c1ccc(F)cc1)[C@H](C(=O)OC)C2. The Morgan fingerprint density at radius 2 is 2.04 bits per heavy atom. The summed E-state index contributed by atoms with van der Waals surface area (Å²) in [5.74, 6) is -1.18. The van der Waals surface area contributed by atoms with Crippen LogP contribution in [0.5, 0.6) is 0 Å². The van der Waals surface area contributed by atoms with Gasteiger partial charge in [-0.15, -0.1) is 0 Å². The fourth-order valence-corrected chi connectivity index (χ4v) is 4.65. The molecule has 0 N–H and O–H groups in total. The molecule has 7 nitrogen and oxygen atoms in total. The maximum Gasteiger partial charge on any atom is 0.324 e. The molecule has 2 heterocycles. The lowest BCUT2D eigenvalue weighted by Crippen LogP contribution is -2.49. The van der Waals surface area contributed by atoms with Gasteiger partial charge in [0.15, 0.2) is 0 Å². The monoisotopic (exact) mass is 381 g/mol. The summed E-state index contributed by atoms with van der Waals surface area (Å²) in [5.41, 5.74) is 1.46. The van der Waals surface area contributed by atoms with Gasteiger partial charge in [0.2, 0.25) is 10.0 Å².